The average molecular weight is 301 g/mol. The van der Waals surface area contributed by atoms with Crippen molar-refractivity contribution in [3.8, 4) is 17.7 Å². The van der Waals surface area contributed by atoms with Crippen molar-refractivity contribution in [2.24, 2.45) is 0 Å². The van der Waals surface area contributed by atoms with Gasteiger partial charge in [-0.15, -0.1) is 5.92 Å². The number of aromatic nitrogens is 1. The van der Waals surface area contributed by atoms with E-state index in [1.165, 1.54) is 27.2 Å². The topological polar surface area (TPSA) is 74.7 Å². The van der Waals surface area contributed by atoms with Gasteiger partial charge in [-0.1, -0.05) is 5.92 Å². The average Bonchev–Trinajstić information content (AvgIpc) is 2.44. The molecule has 0 aliphatic carbocycles. The summed E-state index contributed by atoms with van der Waals surface area (Å²) in [6.45, 7) is 4.57. The van der Waals surface area contributed by atoms with Gasteiger partial charge in [0.2, 0.25) is 5.88 Å². The summed E-state index contributed by atoms with van der Waals surface area (Å²) >= 11 is 0. The Kier molecular flexibility index (Phi) is 4.18. The van der Waals surface area contributed by atoms with Crippen LogP contribution >= 0.6 is 0 Å². The standard InChI is InChI=1S/C16H15NO5/c1-5-6-11(10-7-8-12(20-4)17-9-10)13-14(18)21-16(2,3)22-15(13)19/h7-9H,1-4H3. The van der Waals surface area contributed by atoms with Crippen LogP contribution in [0.15, 0.2) is 23.9 Å². The van der Waals surface area contributed by atoms with Gasteiger partial charge in [0, 0.05) is 31.7 Å². The molecular weight excluding hydrogens is 286 g/mol. The highest BCUT2D eigenvalue weighted by Crippen LogP contribution is 2.28. The van der Waals surface area contributed by atoms with Gasteiger partial charge < -0.3 is 14.2 Å². The van der Waals surface area contributed by atoms with E-state index in [1.807, 2.05) is 0 Å². The molecule has 0 spiro atoms. The van der Waals surface area contributed by atoms with E-state index in [0.29, 0.717) is 11.4 Å². The summed E-state index contributed by atoms with van der Waals surface area (Å²) in [5.41, 5.74) is 0.475. The zero-order valence-electron chi connectivity index (χ0n) is 12.7. The normalized spacial score (nSPS) is 16.1. The Balaban J connectivity index is 2.55. The van der Waals surface area contributed by atoms with E-state index in [9.17, 15) is 9.59 Å². The molecule has 0 radical (unpaired) electrons. The highest BCUT2D eigenvalue weighted by molar-refractivity contribution is 6.22. The minimum atomic E-state index is -1.29. The maximum atomic E-state index is 12.1. The molecule has 1 saturated heterocycles. The van der Waals surface area contributed by atoms with E-state index in [0.717, 1.165) is 0 Å². The second-order valence-corrected chi connectivity index (χ2v) is 4.89. The van der Waals surface area contributed by atoms with Crippen LogP contribution in [-0.2, 0) is 19.1 Å². The highest BCUT2D eigenvalue weighted by atomic mass is 16.7. The number of hydrogen-bond acceptors (Lipinski definition) is 6. The monoisotopic (exact) mass is 301 g/mol. The zero-order valence-corrected chi connectivity index (χ0v) is 12.7. The molecule has 2 heterocycles. The lowest BCUT2D eigenvalue weighted by Crippen LogP contribution is -2.42. The first-order valence-corrected chi connectivity index (χ1v) is 6.52. The molecule has 0 amide bonds. The largest absolute Gasteiger partial charge is 0.481 e. The van der Waals surface area contributed by atoms with Gasteiger partial charge in [0.05, 0.1) is 12.7 Å². The van der Waals surface area contributed by atoms with E-state index in [-0.39, 0.29) is 11.1 Å². The number of carbonyl (C=O) groups is 2. The number of esters is 2. The van der Waals surface area contributed by atoms with Gasteiger partial charge in [-0.3, -0.25) is 0 Å². The number of cyclic esters (lactones) is 2. The molecule has 0 aromatic carbocycles. The number of allylic oxidation sites excluding steroid dienone is 1. The van der Waals surface area contributed by atoms with E-state index in [1.54, 1.807) is 19.1 Å². The van der Waals surface area contributed by atoms with Gasteiger partial charge in [0.15, 0.2) is 5.57 Å². The number of methoxy groups -OCH3 is 1. The van der Waals surface area contributed by atoms with Gasteiger partial charge in [0.25, 0.3) is 5.79 Å². The van der Waals surface area contributed by atoms with E-state index in [4.69, 9.17) is 14.2 Å². The van der Waals surface area contributed by atoms with Gasteiger partial charge >= 0.3 is 11.9 Å². The first kappa shape index (κ1) is 15.6. The Bertz CT molecular complexity index is 682. The SMILES string of the molecule is CC#CC(=C1C(=O)OC(C)(C)OC1=O)c1ccc(OC)nc1. The van der Waals surface area contributed by atoms with Crippen LogP contribution in [-0.4, -0.2) is 29.8 Å². The van der Waals surface area contributed by atoms with Gasteiger partial charge in [-0.2, -0.15) is 0 Å². The summed E-state index contributed by atoms with van der Waals surface area (Å²) in [6, 6.07) is 3.26. The van der Waals surface area contributed by atoms with Crippen molar-refractivity contribution in [3.05, 3.63) is 29.5 Å². The molecule has 6 heteroatoms. The van der Waals surface area contributed by atoms with Crippen LogP contribution in [0.4, 0.5) is 0 Å². The lowest BCUT2D eigenvalue weighted by atomic mass is 10.0. The second kappa shape index (κ2) is 5.90. The van der Waals surface area contributed by atoms with Crippen molar-refractivity contribution in [1.29, 1.82) is 0 Å². The van der Waals surface area contributed by atoms with Crippen LogP contribution in [0, 0.1) is 11.8 Å². The van der Waals surface area contributed by atoms with Crippen molar-refractivity contribution in [2.75, 3.05) is 7.11 Å². The molecule has 0 unspecified atom stereocenters. The lowest BCUT2D eigenvalue weighted by molar-refractivity contribution is -0.222. The lowest BCUT2D eigenvalue weighted by Gasteiger charge is -2.30. The summed E-state index contributed by atoms with van der Waals surface area (Å²) < 4.78 is 15.2. The predicted molar refractivity (Wildman–Crippen MR) is 77.4 cm³/mol. The Morgan fingerprint density at radius 1 is 1.23 bits per heavy atom. The molecule has 2 rings (SSSR count). The van der Waals surface area contributed by atoms with Crippen LogP contribution in [0.2, 0.25) is 0 Å². The van der Waals surface area contributed by atoms with Crippen molar-refractivity contribution in [3.63, 3.8) is 0 Å². The van der Waals surface area contributed by atoms with Gasteiger partial charge in [0.1, 0.15) is 0 Å². The van der Waals surface area contributed by atoms with Crippen LogP contribution in [0.5, 0.6) is 5.88 Å². The maximum Gasteiger partial charge on any atom is 0.350 e. The Hall–Kier alpha value is -2.81. The van der Waals surface area contributed by atoms with E-state index < -0.39 is 17.7 Å². The molecular formula is C16H15NO5. The van der Waals surface area contributed by atoms with Crippen LogP contribution in [0.25, 0.3) is 5.57 Å². The third-order valence-corrected chi connectivity index (χ3v) is 2.82. The van der Waals surface area contributed by atoms with Crippen molar-refractivity contribution in [2.45, 2.75) is 26.6 Å². The van der Waals surface area contributed by atoms with Crippen molar-refractivity contribution >= 4 is 17.5 Å². The molecule has 1 fully saturated rings. The molecule has 0 bridgehead atoms. The Morgan fingerprint density at radius 2 is 1.86 bits per heavy atom. The number of pyridine rings is 1. The quantitative estimate of drug-likeness (QED) is 0.358. The third kappa shape index (κ3) is 3.09. The number of ether oxygens (including phenoxy) is 3. The predicted octanol–water partition coefficient (Wildman–Crippen LogP) is 1.70. The van der Waals surface area contributed by atoms with Gasteiger partial charge in [-0.25, -0.2) is 14.6 Å². The second-order valence-electron chi connectivity index (χ2n) is 4.89. The van der Waals surface area contributed by atoms with Crippen LogP contribution in [0.1, 0.15) is 26.3 Å². The summed E-state index contributed by atoms with van der Waals surface area (Å²) in [5, 5.41) is 0. The molecule has 6 nitrogen and oxygen atoms in total. The molecule has 1 aromatic heterocycles. The summed E-state index contributed by atoms with van der Waals surface area (Å²) in [5.74, 6) is 2.99. The Morgan fingerprint density at radius 3 is 2.32 bits per heavy atom. The molecule has 114 valence electrons. The fourth-order valence-corrected chi connectivity index (χ4v) is 1.91. The van der Waals surface area contributed by atoms with Gasteiger partial charge in [-0.05, 0) is 13.0 Å². The van der Waals surface area contributed by atoms with Crippen molar-refractivity contribution < 1.29 is 23.8 Å². The van der Waals surface area contributed by atoms with Crippen LogP contribution in [0.3, 0.4) is 0 Å². The van der Waals surface area contributed by atoms with Crippen LogP contribution < -0.4 is 4.74 Å². The summed E-state index contributed by atoms with van der Waals surface area (Å²) in [4.78, 5) is 28.3. The third-order valence-electron chi connectivity index (χ3n) is 2.82. The van der Waals surface area contributed by atoms with E-state index in [2.05, 4.69) is 16.8 Å². The number of hydrogen-bond donors (Lipinski definition) is 0. The number of carbonyl (C=O) groups excluding carboxylic acids is 2. The number of nitrogens with zero attached hydrogens (tertiary/aromatic N) is 1. The van der Waals surface area contributed by atoms with Crippen molar-refractivity contribution in [1.82, 2.24) is 4.98 Å². The molecule has 1 aliphatic rings. The molecule has 1 aliphatic heterocycles. The minimum absolute atomic E-state index is 0.211. The summed E-state index contributed by atoms with van der Waals surface area (Å²) in [7, 11) is 1.49. The fraction of sp³-hybridized carbons (Fsp3) is 0.312. The first-order valence-electron chi connectivity index (χ1n) is 6.52. The first-order chi connectivity index (χ1) is 10.4. The fourth-order valence-electron chi connectivity index (χ4n) is 1.91. The minimum Gasteiger partial charge on any atom is -0.481 e. The molecule has 0 atom stereocenters. The number of rotatable bonds is 2. The summed E-state index contributed by atoms with van der Waals surface area (Å²) in [6.07, 6.45) is 1.46. The Labute approximate surface area is 128 Å². The molecule has 0 N–H and O–H groups in total. The van der Waals surface area contributed by atoms with E-state index >= 15 is 0 Å². The zero-order chi connectivity index (χ0) is 16.3. The molecule has 22 heavy (non-hydrogen) atoms. The highest BCUT2D eigenvalue weighted by Gasteiger charge is 2.40. The smallest absolute Gasteiger partial charge is 0.350 e. The molecule has 1 aromatic rings. The molecule has 0 saturated carbocycles. The maximum absolute atomic E-state index is 12.1.